The molecule has 0 radical (unpaired) electrons. The van der Waals surface area contributed by atoms with E-state index >= 15 is 0 Å². The van der Waals surface area contributed by atoms with Gasteiger partial charge in [0.05, 0.1) is 16.8 Å². The van der Waals surface area contributed by atoms with Crippen LogP contribution in [0.15, 0.2) is 24.5 Å². The molecule has 0 fully saturated rings. The van der Waals surface area contributed by atoms with Crippen molar-refractivity contribution in [3.8, 4) is 0 Å². The van der Waals surface area contributed by atoms with Crippen LogP contribution < -0.4 is 5.32 Å². The van der Waals surface area contributed by atoms with Crippen LogP contribution in [-0.2, 0) is 17.8 Å². The molecule has 3 rings (SSSR count). The van der Waals surface area contributed by atoms with Crippen LogP contribution in [0, 0.1) is 6.92 Å². The molecule has 1 amide bonds. The van der Waals surface area contributed by atoms with Crippen LogP contribution in [0.3, 0.4) is 0 Å². The second-order valence-electron chi connectivity index (χ2n) is 5.64. The molecule has 1 aliphatic rings. The predicted octanol–water partition coefficient (Wildman–Crippen LogP) is 2.22. The standard InChI is InChI=1S/C16H18ClN5O/c1-10(16(23)21-15-4-3-13(17)8-19-15)22-6-5-12-7-18-11(2)20-14(12)9-22/h3-4,7-8,10H,5-6,9H2,1-2H3,(H,19,21,23). The van der Waals surface area contributed by atoms with E-state index in [9.17, 15) is 4.79 Å². The minimum atomic E-state index is -0.268. The van der Waals surface area contributed by atoms with E-state index in [0.29, 0.717) is 17.4 Å². The molecule has 0 saturated carbocycles. The van der Waals surface area contributed by atoms with Gasteiger partial charge in [-0.15, -0.1) is 0 Å². The lowest BCUT2D eigenvalue weighted by molar-refractivity contribution is -0.121. The number of anilines is 1. The van der Waals surface area contributed by atoms with E-state index in [0.717, 1.165) is 24.5 Å². The summed E-state index contributed by atoms with van der Waals surface area (Å²) in [4.78, 5) is 27.3. The molecular formula is C16H18ClN5O. The summed E-state index contributed by atoms with van der Waals surface area (Å²) in [5.74, 6) is 1.17. The molecule has 1 unspecified atom stereocenters. The molecule has 0 bridgehead atoms. The van der Waals surface area contributed by atoms with Crippen LogP contribution in [0.2, 0.25) is 5.02 Å². The first-order chi connectivity index (χ1) is 11.0. The molecule has 2 aromatic rings. The number of nitrogens with zero attached hydrogens (tertiary/aromatic N) is 4. The lowest BCUT2D eigenvalue weighted by Gasteiger charge is -2.32. The van der Waals surface area contributed by atoms with Crippen molar-refractivity contribution in [3.63, 3.8) is 0 Å². The summed E-state index contributed by atoms with van der Waals surface area (Å²) in [5, 5.41) is 3.36. The highest BCUT2D eigenvalue weighted by Crippen LogP contribution is 2.19. The van der Waals surface area contributed by atoms with Gasteiger partial charge in [0.15, 0.2) is 0 Å². The van der Waals surface area contributed by atoms with Gasteiger partial charge in [0.1, 0.15) is 11.6 Å². The SMILES string of the molecule is Cc1ncc2c(n1)CN(C(C)C(=O)Nc1ccc(Cl)cn1)CC2. The first kappa shape index (κ1) is 15.8. The Morgan fingerprint density at radius 3 is 2.91 bits per heavy atom. The third-order valence-electron chi connectivity index (χ3n) is 4.00. The van der Waals surface area contributed by atoms with E-state index < -0.39 is 0 Å². The van der Waals surface area contributed by atoms with E-state index in [-0.39, 0.29) is 11.9 Å². The molecule has 2 aromatic heterocycles. The molecule has 6 nitrogen and oxygen atoms in total. The van der Waals surface area contributed by atoms with Gasteiger partial charge in [-0.2, -0.15) is 0 Å². The van der Waals surface area contributed by atoms with Crippen LogP contribution >= 0.6 is 11.6 Å². The van der Waals surface area contributed by atoms with E-state index in [1.54, 1.807) is 12.1 Å². The van der Waals surface area contributed by atoms with Crippen molar-refractivity contribution < 1.29 is 4.79 Å². The second-order valence-corrected chi connectivity index (χ2v) is 6.07. The van der Waals surface area contributed by atoms with Crippen molar-refractivity contribution in [2.75, 3.05) is 11.9 Å². The number of aromatic nitrogens is 3. The Labute approximate surface area is 139 Å². The summed E-state index contributed by atoms with van der Waals surface area (Å²) in [6.45, 7) is 5.23. The zero-order valence-electron chi connectivity index (χ0n) is 13.1. The number of hydrogen-bond acceptors (Lipinski definition) is 5. The van der Waals surface area contributed by atoms with Crippen molar-refractivity contribution in [2.45, 2.75) is 32.9 Å². The van der Waals surface area contributed by atoms with Crippen molar-refractivity contribution in [2.24, 2.45) is 0 Å². The van der Waals surface area contributed by atoms with Gasteiger partial charge in [-0.3, -0.25) is 9.69 Å². The summed E-state index contributed by atoms with van der Waals surface area (Å²) in [5.41, 5.74) is 2.17. The Kier molecular flexibility index (Phi) is 4.54. The van der Waals surface area contributed by atoms with E-state index in [1.807, 2.05) is 20.0 Å². The Balaban J connectivity index is 1.67. The fourth-order valence-corrected chi connectivity index (χ4v) is 2.71. The fraction of sp³-hybridized carbons (Fsp3) is 0.375. The number of fused-ring (bicyclic) bond motifs is 1. The largest absolute Gasteiger partial charge is 0.309 e. The maximum Gasteiger partial charge on any atom is 0.242 e. The quantitative estimate of drug-likeness (QED) is 0.933. The summed E-state index contributed by atoms with van der Waals surface area (Å²) < 4.78 is 0. The summed E-state index contributed by atoms with van der Waals surface area (Å²) >= 11 is 5.80. The number of aryl methyl sites for hydroxylation is 1. The Bertz CT molecular complexity index is 719. The molecule has 1 aliphatic heterocycles. The second kappa shape index (κ2) is 6.60. The van der Waals surface area contributed by atoms with Gasteiger partial charge < -0.3 is 5.32 Å². The Hall–Kier alpha value is -2.05. The van der Waals surface area contributed by atoms with Gasteiger partial charge >= 0.3 is 0 Å². The number of carbonyl (C=O) groups is 1. The van der Waals surface area contributed by atoms with Gasteiger partial charge in [0.25, 0.3) is 0 Å². The predicted molar refractivity (Wildman–Crippen MR) is 88.2 cm³/mol. The van der Waals surface area contributed by atoms with Crippen LogP contribution in [0.4, 0.5) is 5.82 Å². The minimum absolute atomic E-state index is 0.0888. The number of carbonyl (C=O) groups excluding carboxylic acids is 1. The number of pyridine rings is 1. The van der Waals surface area contributed by atoms with E-state index in [2.05, 4.69) is 25.2 Å². The van der Waals surface area contributed by atoms with Crippen molar-refractivity contribution in [1.82, 2.24) is 19.9 Å². The highest BCUT2D eigenvalue weighted by molar-refractivity contribution is 6.30. The van der Waals surface area contributed by atoms with Gasteiger partial charge in [0, 0.05) is 25.5 Å². The highest BCUT2D eigenvalue weighted by Gasteiger charge is 2.26. The highest BCUT2D eigenvalue weighted by atomic mass is 35.5. The van der Waals surface area contributed by atoms with Crippen LogP contribution in [-0.4, -0.2) is 38.3 Å². The minimum Gasteiger partial charge on any atom is -0.309 e. The molecule has 1 atom stereocenters. The first-order valence-corrected chi connectivity index (χ1v) is 7.88. The third-order valence-corrected chi connectivity index (χ3v) is 4.23. The molecule has 7 heteroatoms. The van der Waals surface area contributed by atoms with Gasteiger partial charge in [0.2, 0.25) is 5.91 Å². The maximum absolute atomic E-state index is 12.4. The summed E-state index contributed by atoms with van der Waals surface area (Å²) in [6.07, 6.45) is 4.25. The molecule has 0 aliphatic carbocycles. The molecule has 0 aromatic carbocycles. The number of halogens is 1. The number of amides is 1. The van der Waals surface area contributed by atoms with Gasteiger partial charge in [-0.05, 0) is 38.0 Å². The van der Waals surface area contributed by atoms with Crippen LogP contribution in [0.1, 0.15) is 24.0 Å². The zero-order valence-corrected chi connectivity index (χ0v) is 13.8. The van der Waals surface area contributed by atoms with Crippen LogP contribution in [0.5, 0.6) is 0 Å². The zero-order chi connectivity index (χ0) is 16.4. The fourth-order valence-electron chi connectivity index (χ4n) is 2.60. The summed E-state index contributed by atoms with van der Waals surface area (Å²) in [7, 11) is 0. The van der Waals surface area contributed by atoms with Crippen molar-refractivity contribution >= 4 is 23.3 Å². The Morgan fingerprint density at radius 1 is 1.35 bits per heavy atom. The number of nitrogens with one attached hydrogen (secondary N) is 1. The van der Waals surface area contributed by atoms with Crippen molar-refractivity contribution in [1.29, 1.82) is 0 Å². The average Bonchev–Trinajstić information content (AvgIpc) is 2.55. The molecule has 0 spiro atoms. The third kappa shape index (κ3) is 3.65. The number of hydrogen-bond donors (Lipinski definition) is 1. The lowest BCUT2D eigenvalue weighted by atomic mass is 10.0. The normalized spacial score (nSPS) is 15.8. The molecule has 3 heterocycles. The van der Waals surface area contributed by atoms with Crippen LogP contribution in [0.25, 0.3) is 0 Å². The maximum atomic E-state index is 12.4. The first-order valence-electron chi connectivity index (χ1n) is 7.51. The topological polar surface area (TPSA) is 71.0 Å². The Morgan fingerprint density at radius 2 is 2.17 bits per heavy atom. The van der Waals surface area contributed by atoms with E-state index in [4.69, 9.17) is 11.6 Å². The van der Waals surface area contributed by atoms with Gasteiger partial charge in [-0.1, -0.05) is 11.6 Å². The number of rotatable bonds is 3. The molecule has 0 saturated heterocycles. The molecule has 23 heavy (non-hydrogen) atoms. The molecule has 1 N–H and O–H groups in total. The average molecular weight is 332 g/mol. The van der Waals surface area contributed by atoms with Gasteiger partial charge in [-0.25, -0.2) is 15.0 Å². The van der Waals surface area contributed by atoms with E-state index in [1.165, 1.54) is 11.8 Å². The summed E-state index contributed by atoms with van der Waals surface area (Å²) in [6, 6.07) is 3.12. The smallest absolute Gasteiger partial charge is 0.242 e. The monoisotopic (exact) mass is 331 g/mol. The molecule has 120 valence electrons. The molecular weight excluding hydrogens is 314 g/mol. The van der Waals surface area contributed by atoms with Crippen molar-refractivity contribution in [3.05, 3.63) is 46.6 Å². The lowest BCUT2D eigenvalue weighted by Crippen LogP contribution is -2.45.